The van der Waals surface area contributed by atoms with Gasteiger partial charge in [-0.15, -0.1) is 6.58 Å². The minimum atomic E-state index is -0.944. The normalized spacial score (nSPS) is 17.8. The highest BCUT2D eigenvalue weighted by Gasteiger charge is 2.30. The Hall–Kier alpha value is -1.52. The molecule has 1 aliphatic rings. The zero-order chi connectivity index (χ0) is 13.4. The van der Waals surface area contributed by atoms with Gasteiger partial charge >= 0.3 is 12.0 Å². The van der Waals surface area contributed by atoms with Crippen LogP contribution in [0.15, 0.2) is 12.7 Å². The summed E-state index contributed by atoms with van der Waals surface area (Å²) in [5.41, 5.74) is 0. The van der Waals surface area contributed by atoms with E-state index < -0.39 is 18.0 Å². The number of rotatable bonds is 6. The Morgan fingerprint density at radius 1 is 1.33 bits per heavy atom. The van der Waals surface area contributed by atoms with E-state index in [9.17, 15) is 14.7 Å². The molecule has 0 bridgehead atoms. The van der Waals surface area contributed by atoms with E-state index in [0.717, 1.165) is 32.1 Å². The number of aliphatic carboxylic acids is 1. The number of hydrogen-bond acceptors (Lipinski definition) is 2. The van der Waals surface area contributed by atoms with Crippen LogP contribution in [0.25, 0.3) is 0 Å². The van der Waals surface area contributed by atoms with Crippen LogP contribution in [0.3, 0.4) is 0 Å². The lowest BCUT2D eigenvalue weighted by atomic mass is 9.84. The summed E-state index contributed by atoms with van der Waals surface area (Å²) in [5.74, 6) is -0.887. The number of amides is 2. The van der Waals surface area contributed by atoms with Crippen LogP contribution in [0.5, 0.6) is 0 Å². The largest absolute Gasteiger partial charge is 0.480 e. The van der Waals surface area contributed by atoms with Crippen LogP contribution >= 0.6 is 0 Å². The van der Waals surface area contributed by atoms with Crippen molar-refractivity contribution in [3.63, 3.8) is 0 Å². The van der Waals surface area contributed by atoms with Crippen molar-refractivity contribution in [2.45, 2.75) is 44.6 Å². The van der Waals surface area contributed by atoms with Crippen LogP contribution < -0.4 is 10.6 Å². The molecule has 0 aromatic rings. The average Bonchev–Trinajstić information content (AvgIpc) is 2.37. The molecule has 18 heavy (non-hydrogen) atoms. The number of carboxylic acids is 1. The molecule has 1 atom stereocenters. The molecule has 102 valence electrons. The molecular formula is C13H22N2O3. The lowest BCUT2D eigenvalue weighted by Gasteiger charge is -2.28. The quantitative estimate of drug-likeness (QED) is 0.500. The number of carboxylic acid groups (broad SMARTS) is 1. The standard InChI is InChI=1S/C13H22N2O3/c1-2-3-9-14-13(18)15-11(12(16)17)10-7-5-4-6-8-10/h2,10-11H,1,3-9H2,(H,16,17)(H2,14,15,18). The summed E-state index contributed by atoms with van der Waals surface area (Å²) in [6.07, 6.45) is 7.40. The van der Waals surface area contributed by atoms with Crippen molar-refractivity contribution in [1.82, 2.24) is 10.6 Å². The van der Waals surface area contributed by atoms with Crippen molar-refractivity contribution in [1.29, 1.82) is 0 Å². The summed E-state index contributed by atoms with van der Waals surface area (Å²) in [5, 5.41) is 14.4. The zero-order valence-corrected chi connectivity index (χ0v) is 10.7. The highest BCUT2D eigenvalue weighted by atomic mass is 16.4. The van der Waals surface area contributed by atoms with Gasteiger partial charge in [-0.1, -0.05) is 25.3 Å². The maximum Gasteiger partial charge on any atom is 0.326 e. The Morgan fingerprint density at radius 2 is 2.00 bits per heavy atom. The van der Waals surface area contributed by atoms with Gasteiger partial charge in [0.05, 0.1) is 0 Å². The molecule has 0 spiro atoms. The van der Waals surface area contributed by atoms with Gasteiger partial charge in [-0.2, -0.15) is 0 Å². The second-order valence-electron chi connectivity index (χ2n) is 4.69. The summed E-state index contributed by atoms with van der Waals surface area (Å²) in [6, 6.07) is -1.18. The molecule has 0 aliphatic heterocycles. The van der Waals surface area contributed by atoms with Gasteiger partial charge in [0.2, 0.25) is 0 Å². The Labute approximate surface area is 108 Å². The molecule has 0 radical (unpaired) electrons. The van der Waals surface area contributed by atoms with E-state index in [2.05, 4.69) is 17.2 Å². The van der Waals surface area contributed by atoms with Gasteiger partial charge < -0.3 is 15.7 Å². The molecule has 0 heterocycles. The maximum atomic E-state index is 11.6. The number of nitrogens with one attached hydrogen (secondary N) is 2. The fraction of sp³-hybridized carbons (Fsp3) is 0.692. The molecule has 2 amide bonds. The van der Waals surface area contributed by atoms with Gasteiger partial charge in [0.1, 0.15) is 6.04 Å². The summed E-state index contributed by atoms with van der Waals surface area (Å²) in [6.45, 7) is 4.03. The first kappa shape index (κ1) is 14.5. The predicted octanol–water partition coefficient (Wildman–Crippen LogP) is 1.90. The molecule has 1 saturated carbocycles. The van der Waals surface area contributed by atoms with E-state index in [-0.39, 0.29) is 5.92 Å². The predicted molar refractivity (Wildman–Crippen MR) is 69.3 cm³/mol. The second-order valence-corrected chi connectivity index (χ2v) is 4.69. The summed E-state index contributed by atoms with van der Waals surface area (Å²) in [4.78, 5) is 22.8. The monoisotopic (exact) mass is 254 g/mol. The minimum Gasteiger partial charge on any atom is -0.480 e. The van der Waals surface area contributed by atoms with Crippen molar-refractivity contribution < 1.29 is 14.7 Å². The lowest BCUT2D eigenvalue weighted by Crippen LogP contribution is -2.50. The molecule has 1 aliphatic carbocycles. The van der Waals surface area contributed by atoms with E-state index in [1.165, 1.54) is 0 Å². The fourth-order valence-electron chi connectivity index (χ4n) is 2.33. The second kappa shape index (κ2) is 7.74. The van der Waals surface area contributed by atoms with Crippen LogP contribution in [0.2, 0.25) is 0 Å². The third-order valence-corrected chi connectivity index (χ3v) is 3.31. The van der Waals surface area contributed by atoms with Gasteiger partial charge in [-0.3, -0.25) is 0 Å². The Kier molecular flexibility index (Phi) is 6.25. The van der Waals surface area contributed by atoms with Gasteiger partial charge in [-0.25, -0.2) is 9.59 Å². The summed E-state index contributed by atoms with van der Waals surface area (Å²) in [7, 11) is 0. The van der Waals surface area contributed by atoms with Crippen molar-refractivity contribution in [2.75, 3.05) is 6.54 Å². The maximum absolute atomic E-state index is 11.6. The van der Waals surface area contributed by atoms with Crippen molar-refractivity contribution in [3.05, 3.63) is 12.7 Å². The van der Waals surface area contributed by atoms with Crippen LogP contribution in [-0.4, -0.2) is 29.7 Å². The van der Waals surface area contributed by atoms with E-state index >= 15 is 0 Å². The van der Waals surface area contributed by atoms with Crippen molar-refractivity contribution in [2.24, 2.45) is 5.92 Å². The first-order valence-electron chi connectivity index (χ1n) is 6.53. The molecule has 3 N–H and O–H groups in total. The van der Waals surface area contributed by atoms with Gasteiger partial charge in [-0.05, 0) is 25.2 Å². The number of carbonyl (C=O) groups is 2. The van der Waals surface area contributed by atoms with Crippen molar-refractivity contribution >= 4 is 12.0 Å². The van der Waals surface area contributed by atoms with E-state index in [0.29, 0.717) is 13.0 Å². The summed E-state index contributed by atoms with van der Waals surface area (Å²) < 4.78 is 0. The fourth-order valence-corrected chi connectivity index (χ4v) is 2.33. The zero-order valence-electron chi connectivity index (χ0n) is 10.7. The van der Waals surface area contributed by atoms with Crippen LogP contribution in [0.1, 0.15) is 38.5 Å². The molecule has 0 aromatic carbocycles. The van der Waals surface area contributed by atoms with Gasteiger partial charge in [0, 0.05) is 6.54 Å². The van der Waals surface area contributed by atoms with Gasteiger partial charge in [0.15, 0.2) is 0 Å². The van der Waals surface area contributed by atoms with Crippen molar-refractivity contribution in [3.8, 4) is 0 Å². The SMILES string of the molecule is C=CCCNC(=O)NC(C(=O)O)C1CCCCC1. The minimum absolute atomic E-state index is 0.0569. The first-order valence-corrected chi connectivity index (χ1v) is 6.53. The highest BCUT2D eigenvalue weighted by Crippen LogP contribution is 2.26. The third kappa shape index (κ3) is 4.77. The topological polar surface area (TPSA) is 78.4 Å². The van der Waals surface area contributed by atoms with E-state index in [1.807, 2.05) is 0 Å². The van der Waals surface area contributed by atoms with Crippen LogP contribution in [0, 0.1) is 5.92 Å². The highest BCUT2D eigenvalue weighted by molar-refractivity contribution is 5.82. The average molecular weight is 254 g/mol. The molecular weight excluding hydrogens is 232 g/mol. The number of urea groups is 1. The third-order valence-electron chi connectivity index (χ3n) is 3.31. The lowest BCUT2D eigenvalue weighted by molar-refractivity contribution is -0.141. The molecule has 5 heteroatoms. The van der Waals surface area contributed by atoms with Gasteiger partial charge in [0.25, 0.3) is 0 Å². The molecule has 1 unspecified atom stereocenters. The molecule has 1 fully saturated rings. The summed E-state index contributed by atoms with van der Waals surface area (Å²) >= 11 is 0. The number of carbonyl (C=O) groups excluding carboxylic acids is 1. The number of hydrogen-bond donors (Lipinski definition) is 3. The molecule has 5 nitrogen and oxygen atoms in total. The van der Waals surface area contributed by atoms with Crippen LogP contribution in [0.4, 0.5) is 4.79 Å². The Morgan fingerprint density at radius 3 is 2.56 bits per heavy atom. The first-order chi connectivity index (χ1) is 8.65. The smallest absolute Gasteiger partial charge is 0.326 e. The molecule has 1 rings (SSSR count). The molecule has 0 saturated heterocycles. The molecule has 0 aromatic heterocycles. The van der Waals surface area contributed by atoms with E-state index in [4.69, 9.17) is 0 Å². The Balaban J connectivity index is 2.43. The Bertz CT molecular complexity index is 299. The van der Waals surface area contributed by atoms with E-state index in [1.54, 1.807) is 6.08 Å². The van der Waals surface area contributed by atoms with Crippen LogP contribution in [-0.2, 0) is 4.79 Å².